The monoisotopic (exact) mass is 536 g/mol. The van der Waals surface area contributed by atoms with Gasteiger partial charge in [-0.1, -0.05) is 6.07 Å². The number of ether oxygens (including phenoxy) is 2. The van der Waals surface area contributed by atoms with Gasteiger partial charge in [0.2, 0.25) is 11.5 Å². The van der Waals surface area contributed by atoms with Crippen molar-refractivity contribution in [2.45, 2.75) is 50.3 Å². The van der Waals surface area contributed by atoms with Crippen molar-refractivity contribution in [1.29, 1.82) is 0 Å². The molecule has 0 aromatic heterocycles. The number of hydrogen-bond donors (Lipinski definition) is 2. The van der Waals surface area contributed by atoms with Gasteiger partial charge in [-0.3, -0.25) is 9.59 Å². The number of nitrogens with zero attached hydrogens (tertiary/aromatic N) is 2. The summed E-state index contributed by atoms with van der Waals surface area (Å²) < 4.78 is 25.7. The predicted molar refractivity (Wildman–Crippen MR) is 136 cm³/mol. The minimum absolute atomic E-state index is 0.124. The lowest BCUT2D eigenvalue weighted by atomic mass is 9.78. The first-order valence-corrected chi connectivity index (χ1v) is 13.2. The van der Waals surface area contributed by atoms with E-state index in [4.69, 9.17) is 9.47 Å². The first-order chi connectivity index (χ1) is 18.8. The Labute approximate surface area is 224 Å². The van der Waals surface area contributed by atoms with Crippen LogP contribution in [0.3, 0.4) is 0 Å². The fraction of sp³-hybridized carbons (Fsp3) is 0.429. The van der Waals surface area contributed by atoms with Crippen LogP contribution in [0.1, 0.15) is 42.4 Å². The lowest BCUT2D eigenvalue weighted by molar-refractivity contribution is -0.144. The van der Waals surface area contributed by atoms with Gasteiger partial charge in [-0.15, -0.1) is 0 Å². The lowest BCUT2D eigenvalue weighted by Gasteiger charge is -2.32. The molecule has 2 N–H and O–H groups in total. The number of aryl methyl sites for hydroxylation is 1. The van der Waals surface area contributed by atoms with Gasteiger partial charge < -0.3 is 25.0 Å². The van der Waals surface area contributed by atoms with Gasteiger partial charge in [-0.05, 0) is 67.5 Å². The molecule has 5 amide bonds. The summed E-state index contributed by atoms with van der Waals surface area (Å²) in [5.41, 5.74) is 0.944. The lowest BCUT2D eigenvalue weighted by Crippen LogP contribution is -2.49. The second kappa shape index (κ2) is 9.55. The number of hydrogen-bond acceptors (Lipinski definition) is 6. The number of anilines is 1. The molecule has 204 valence electrons. The highest BCUT2D eigenvalue weighted by Crippen LogP contribution is 2.45. The molecule has 1 saturated heterocycles. The minimum atomic E-state index is -1.51. The molecule has 10 nitrogen and oxygen atoms in total. The van der Waals surface area contributed by atoms with Crippen molar-refractivity contribution in [3.05, 3.63) is 58.9 Å². The van der Waals surface area contributed by atoms with E-state index in [-0.39, 0.29) is 31.1 Å². The van der Waals surface area contributed by atoms with Crippen molar-refractivity contribution < 1.29 is 33.0 Å². The third-order valence-corrected chi connectivity index (χ3v) is 8.03. The Morgan fingerprint density at radius 3 is 2.72 bits per heavy atom. The quantitative estimate of drug-likeness (QED) is 0.620. The molecule has 39 heavy (non-hydrogen) atoms. The van der Waals surface area contributed by atoms with Crippen LogP contribution in [-0.4, -0.2) is 60.0 Å². The summed E-state index contributed by atoms with van der Waals surface area (Å²) >= 11 is 0. The van der Waals surface area contributed by atoms with Gasteiger partial charge in [0.15, 0.2) is 0 Å². The van der Waals surface area contributed by atoms with Gasteiger partial charge in [-0.2, -0.15) is 0 Å². The molecule has 2 aromatic carbocycles. The number of benzene rings is 2. The van der Waals surface area contributed by atoms with Crippen LogP contribution in [0.5, 0.6) is 5.75 Å². The Morgan fingerprint density at radius 1 is 1.13 bits per heavy atom. The molecule has 1 saturated carbocycles. The Balaban J connectivity index is 1.25. The summed E-state index contributed by atoms with van der Waals surface area (Å²) in [6.45, 7) is -0.0879. The maximum Gasteiger partial charge on any atom is 0.418 e. The Morgan fingerprint density at radius 2 is 1.95 bits per heavy atom. The van der Waals surface area contributed by atoms with Crippen LogP contribution >= 0.6 is 0 Å². The first-order valence-electron chi connectivity index (χ1n) is 13.2. The largest absolute Gasteiger partial charge is 0.491 e. The van der Waals surface area contributed by atoms with E-state index in [0.717, 1.165) is 23.3 Å². The molecular formula is C28H29FN4O6. The average Bonchev–Trinajstić information content (AvgIpc) is 3.74. The first kappa shape index (κ1) is 25.1. The van der Waals surface area contributed by atoms with E-state index < -0.39 is 35.9 Å². The highest BCUT2D eigenvalue weighted by molar-refractivity contribution is 6.06. The summed E-state index contributed by atoms with van der Waals surface area (Å²) in [6.07, 6.45) is 2.57. The minimum Gasteiger partial charge on any atom is -0.491 e. The molecule has 2 fully saturated rings. The van der Waals surface area contributed by atoms with E-state index in [2.05, 4.69) is 10.6 Å². The van der Waals surface area contributed by atoms with Gasteiger partial charge in [0, 0.05) is 36.8 Å². The Bertz CT molecular complexity index is 1380. The summed E-state index contributed by atoms with van der Waals surface area (Å²) in [7, 11) is 1.51. The fourth-order valence-electron chi connectivity index (χ4n) is 5.89. The molecule has 2 heterocycles. The Hall–Kier alpha value is -4.15. The third-order valence-electron chi connectivity index (χ3n) is 8.03. The number of carbonyl (C=O) groups is 4. The number of amides is 5. The van der Waals surface area contributed by atoms with Crippen molar-refractivity contribution in [3.63, 3.8) is 0 Å². The number of fused-ring (bicyclic) bond motifs is 3. The van der Waals surface area contributed by atoms with Crippen molar-refractivity contribution >= 4 is 29.6 Å². The topological polar surface area (TPSA) is 117 Å². The van der Waals surface area contributed by atoms with Gasteiger partial charge in [-0.25, -0.2) is 18.9 Å². The number of imide groups is 1. The zero-order valence-corrected chi connectivity index (χ0v) is 21.5. The zero-order chi connectivity index (χ0) is 27.3. The zero-order valence-electron chi connectivity index (χ0n) is 21.5. The maximum atomic E-state index is 14.0. The van der Waals surface area contributed by atoms with Crippen LogP contribution < -0.4 is 15.4 Å². The molecule has 2 atom stereocenters. The number of halogens is 1. The van der Waals surface area contributed by atoms with Gasteiger partial charge in [0.25, 0.3) is 5.91 Å². The molecule has 4 aliphatic rings. The van der Waals surface area contributed by atoms with Crippen LogP contribution in [0.15, 0.2) is 36.4 Å². The molecule has 0 radical (unpaired) electrons. The summed E-state index contributed by atoms with van der Waals surface area (Å²) in [5, 5.41) is 5.20. The second-order valence-electron chi connectivity index (χ2n) is 10.5. The van der Waals surface area contributed by atoms with Crippen LogP contribution in [0.4, 0.5) is 19.7 Å². The summed E-state index contributed by atoms with van der Waals surface area (Å²) in [5.74, 6) is -0.648. The molecule has 1 unspecified atom stereocenters. The van der Waals surface area contributed by atoms with Crippen LogP contribution in [0.2, 0.25) is 0 Å². The van der Waals surface area contributed by atoms with E-state index in [0.29, 0.717) is 41.8 Å². The fourth-order valence-corrected chi connectivity index (χ4v) is 5.89. The van der Waals surface area contributed by atoms with E-state index >= 15 is 0 Å². The van der Waals surface area contributed by atoms with Crippen molar-refractivity contribution in [1.82, 2.24) is 15.1 Å². The molecule has 2 aromatic rings. The molecule has 6 rings (SSSR count). The van der Waals surface area contributed by atoms with E-state index in [1.807, 2.05) is 0 Å². The number of urea groups is 1. The standard InChI is InChI=1S/C28H29FN4O6/c1-30-26(36)31-20-7-8-21-17(12-20)3-2-10-28(21)25(35)33(27(37)39-28)14-24(34)32-13-18-11-19(29)6-9-23(18)38-15-22(32)16-4-5-16/h6-9,11-12,16,22H,2-5,10,13-15H2,1H3,(H2,30,31,36)/t22-,28?/m0/s1. The summed E-state index contributed by atoms with van der Waals surface area (Å²) in [6, 6.07) is 8.74. The predicted octanol–water partition coefficient (Wildman–Crippen LogP) is 3.29. The molecule has 0 bridgehead atoms. The highest BCUT2D eigenvalue weighted by atomic mass is 19.1. The molecule has 11 heteroatoms. The molecule has 2 aliphatic heterocycles. The van der Waals surface area contributed by atoms with Crippen molar-refractivity contribution in [2.24, 2.45) is 5.92 Å². The normalized spacial score (nSPS) is 23.9. The maximum absolute atomic E-state index is 14.0. The smallest absolute Gasteiger partial charge is 0.418 e. The van der Waals surface area contributed by atoms with E-state index in [1.165, 1.54) is 19.2 Å². The number of nitrogens with one attached hydrogen (secondary N) is 2. The number of carbonyl (C=O) groups excluding carboxylic acids is 4. The van der Waals surface area contributed by atoms with Crippen LogP contribution in [-0.2, 0) is 32.9 Å². The van der Waals surface area contributed by atoms with Crippen LogP contribution in [0.25, 0.3) is 0 Å². The highest BCUT2D eigenvalue weighted by Gasteiger charge is 2.57. The second-order valence-corrected chi connectivity index (χ2v) is 10.5. The van der Waals surface area contributed by atoms with Crippen molar-refractivity contribution in [3.8, 4) is 5.75 Å². The van der Waals surface area contributed by atoms with E-state index in [1.54, 1.807) is 29.2 Å². The SMILES string of the molecule is CNC(=O)Nc1ccc2c(c1)CCCC21OC(=O)N(CC(=O)N2Cc3cc(F)ccc3OC[C@H]2C2CC2)C1=O. The Kier molecular flexibility index (Phi) is 6.16. The number of rotatable bonds is 4. The molecular weight excluding hydrogens is 507 g/mol. The van der Waals surface area contributed by atoms with Crippen LogP contribution in [0, 0.1) is 11.7 Å². The van der Waals surface area contributed by atoms with Gasteiger partial charge in [0.1, 0.15) is 24.7 Å². The molecule has 1 spiro atoms. The van der Waals surface area contributed by atoms with E-state index in [9.17, 15) is 23.6 Å². The average molecular weight is 537 g/mol. The third kappa shape index (κ3) is 4.45. The van der Waals surface area contributed by atoms with Gasteiger partial charge >= 0.3 is 12.1 Å². The van der Waals surface area contributed by atoms with Crippen molar-refractivity contribution in [2.75, 3.05) is 25.5 Å². The molecule has 2 aliphatic carbocycles. The van der Waals surface area contributed by atoms with Gasteiger partial charge in [0.05, 0.1) is 6.04 Å². The summed E-state index contributed by atoms with van der Waals surface area (Å²) in [4.78, 5) is 54.7.